The first-order chi connectivity index (χ1) is 10.3. The average Bonchev–Trinajstić information content (AvgIpc) is 2.45. The van der Waals surface area contributed by atoms with Crippen LogP contribution in [0.25, 0.3) is 0 Å². The van der Waals surface area contributed by atoms with Crippen molar-refractivity contribution in [2.45, 2.75) is 39.3 Å². The van der Waals surface area contributed by atoms with E-state index in [2.05, 4.69) is 0 Å². The van der Waals surface area contributed by atoms with Crippen molar-refractivity contribution in [3.63, 3.8) is 0 Å². The first-order valence-electron chi connectivity index (χ1n) is 7.38. The van der Waals surface area contributed by atoms with E-state index in [1.807, 2.05) is 36.9 Å². The average molecular weight is 306 g/mol. The molecule has 6 heteroatoms. The zero-order chi connectivity index (χ0) is 16.4. The summed E-state index contributed by atoms with van der Waals surface area (Å²) in [6.45, 7) is 6.16. The van der Waals surface area contributed by atoms with Gasteiger partial charge in [-0.15, -0.1) is 0 Å². The highest BCUT2D eigenvalue weighted by Gasteiger charge is 2.29. The van der Waals surface area contributed by atoms with Gasteiger partial charge in [0.1, 0.15) is 5.75 Å². The summed E-state index contributed by atoms with van der Waals surface area (Å²) in [5, 5.41) is 8.89. The van der Waals surface area contributed by atoms with Crippen LogP contribution in [0.5, 0.6) is 5.75 Å². The highest BCUT2D eigenvalue weighted by atomic mass is 16.5. The maximum atomic E-state index is 12.0. The summed E-state index contributed by atoms with van der Waals surface area (Å²) < 4.78 is 5.60. The lowest BCUT2D eigenvalue weighted by Crippen LogP contribution is -2.42. The smallest absolute Gasteiger partial charge is 0.305 e. The zero-order valence-electron chi connectivity index (χ0n) is 13.4. The number of carbonyl (C=O) groups excluding carboxylic acids is 1. The number of amides is 1. The van der Waals surface area contributed by atoms with E-state index < -0.39 is 12.1 Å². The molecule has 1 amide bonds. The van der Waals surface area contributed by atoms with Crippen molar-refractivity contribution in [2.75, 3.05) is 23.4 Å². The Morgan fingerprint density at radius 1 is 1.45 bits per heavy atom. The first kappa shape index (κ1) is 16.1. The Bertz CT molecular complexity index is 586. The fourth-order valence-corrected chi connectivity index (χ4v) is 2.58. The molecule has 1 aliphatic rings. The van der Waals surface area contributed by atoms with Gasteiger partial charge in [-0.2, -0.15) is 0 Å². The fourth-order valence-electron chi connectivity index (χ4n) is 2.58. The Balaban J connectivity index is 2.32. The molecule has 0 bridgehead atoms. The lowest BCUT2D eigenvalue weighted by Gasteiger charge is -2.33. The summed E-state index contributed by atoms with van der Waals surface area (Å²) in [7, 11) is 1.72. The number of ether oxygens (including phenoxy) is 1. The van der Waals surface area contributed by atoms with E-state index in [9.17, 15) is 9.59 Å². The van der Waals surface area contributed by atoms with Crippen LogP contribution in [-0.2, 0) is 9.59 Å². The fraction of sp³-hybridized carbons (Fsp3) is 0.500. The lowest BCUT2D eigenvalue weighted by molar-refractivity contribution is -0.136. The van der Waals surface area contributed by atoms with E-state index in [0.717, 1.165) is 5.69 Å². The zero-order valence-corrected chi connectivity index (χ0v) is 13.4. The maximum absolute atomic E-state index is 12.0. The Labute approximate surface area is 130 Å². The molecular formula is C16H22N2O4. The topological polar surface area (TPSA) is 70.1 Å². The van der Waals surface area contributed by atoms with Crippen LogP contribution in [-0.4, -0.2) is 42.7 Å². The number of carboxylic acids is 1. The SMILES string of the molecule is CC1Oc2ccc(N(CCC(=O)O)C(C)C)cc2N(C)C1=O. The van der Waals surface area contributed by atoms with Gasteiger partial charge >= 0.3 is 5.97 Å². The second-order valence-electron chi connectivity index (χ2n) is 5.74. The van der Waals surface area contributed by atoms with E-state index in [1.54, 1.807) is 18.9 Å². The summed E-state index contributed by atoms with van der Waals surface area (Å²) in [4.78, 5) is 26.4. The molecule has 0 aromatic heterocycles. The Morgan fingerprint density at radius 3 is 2.73 bits per heavy atom. The van der Waals surface area contributed by atoms with Crippen LogP contribution in [0.15, 0.2) is 18.2 Å². The molecule has 1 N–H and O–H groups in total. The molecule has 0 fully saturated rings. The molecule has 6 nitrogen and oxygen atoms in total. The van der Waals surface area contributed by atoms with Crippen LogP contribution in [0.4, 0.5) is 11.4 Å². The summed E-state index contributed by atoms with van der Waals surface area (Å²) >= 11 is 0. The number of rotatable bonds is 5. The lowest BCUT2D eigenvalue weighted by atomic mass is 10.1. The van der Waals surface area contributed by atoms with Crippen LogP contribution in [0, 0.1) is 0 Å². The molecule has 1 aromatic carbocycles. The van der Waals surface area contributed by atoms with Gasteiger partial charge in [-0.05, 0) is 39.0 Å². The Morgan fingerprint density at radius 2 is 2.14 bits per heavy atom. The molecule has 1 unspecified atom stereocenters. The number of carbonyl (C=O) groups is 2. The van der Waals surface area contributed by atoms with Crippen molar-refractivity contribution < 1.29 is 19.4 Å². The van der Waals surface area contributed by atoms with Crippen molar-refractivity contribution in [1.29, 1.82) is 0 Å². The van der Waals surface area contributed by atoms with Gasteiger partial charge in [-0.25, -0.2) is 0 Å². The number of nitrogens with zero attached hydrogens (tertiary/aromatic N) is 2. The maximum Gasteiger partial charge on any atom is 0.305 e. The molecule has 120 valence electrons. The predicted molar refractivity (Wildman–Crippen MR) is 84.7 cm³/mol. The number of fused-ring (bicyclic) bond motifs is 1. The number of anilines is 2. The van der Waals surface area contributed by atoms with Gasteiger partial charge in [0.2, 0.25) is 0 Å². The third-order valence-corrected chi connectivity index (χ3v) is 3.81. The van der Waals surface area contributed by atoms with Gasteiger partial charge < -0.3 is 19.6 Å². The molecule has 1 aromatic rings. The Kier molecular flexibility index (Phi) is 4.59. The molecular weight excluding hydrogens is 284 g/mol. The highest BCUT2D eigenvalue weighted by Crippen LogP contribution is 2.36. The summed E-state index contributed by atoms with van der Waals surface area (Å²) in [5.41, 5.74) is 1.59. The molecule has 0 saturated carbocycles. The molecule has 0 aliphatic carbocycles. The van der Waals surface area contributed by atoms with Crippen molar-refractivity contribution in [3.8, 4) is 5.75 Å². The molecule has 0 spiro atoms. The quantitative estimate of drug-likeness (QED) is 0.902. The van der Waals surface area contributed by atoms with Gasteiger partial charge in [0, 0.05) is 25.3 Å². The minimum Gasteiger partial charge on any atom is -0.481 e. The van der Waals surface area contributed by atoms with Gasteiger partial charge in [0.25, 0.3) is 5.91 Å². The number of carboxylic acid groups (broad SMARTS) is 1. The molecule has 1 atom stereocenters. The molecule has 1 heterocycles. The Hall–Kier alpha value is -2.24. The van der Waals surface area contributed by atoms with E-state index in [1.165, 1.54) is 0 Å². The third kappa shape index (κ3) is 3.16. The third-order valence-electron chi connectivity index (χ3n) is 3.81. The van der Waals surface area contributed by atoms with E-state index >= 15 is 0 Å². The summed E-state index contributed by atoms with van der Waals surface area (Å²) in [6, 6.07) is 5.76. The number of aliphatic carboxylic acids is 1. The van der Waals surface area contributed by atoms with Gasteiger partial charge in [-0.3, -0.25) is 9.59 Å². The van der Waals surface area contributed by atoms with Crippen LogP contribution in [0.1, 0.15) is 27.2 Å². The summed E-state index contributed by atoms with van der Waals surface area (Å²) in [5.74, 6) is -0.250. The standard InChI is InChI=1S/C16H22N2O4/c1-10(2)18(8-7-15(19)20)12-5-6-14-13(9-12)17(4)16(21)11(3)22-14/h5-6,9-11H,7-8H2,1-4H3,(H,19,20). The normalized spacial score (nSPS) is 17.2. The minimum absolute atomic E-state index is 0.0670. The van der Waals surface area contributed by atoms with E-state index in [-0.39, 0.29) is 18.4 Å². The molecule has 0 radical (unpaired) electrons. The molecule has 2 rings (SSSR count). The second-order valence-corrected chi connectivity index (χ2v) is 5.74. The first-order valence-corrected chi connectivity index (χ1v) is 7.38. The van der Waals surface area contributed by atoms with Gasteiger partial charge in [0.15, 0.2) is 6.10 Å². The molecule has 1 aliphatic heterocycles. The van der Waals surface area contributed by atoms with Crippen LogP contribution in [0.3, 0.4) is 0 Å². The van der Waals surface area contributed by atoms with Crippen molar-refractivity contribution in [2.24, 2.45) is 0 Å². The van der Waals surface area contributed by atoms with Gasteiger partial charge in [0.05, 0.1) is 12.1 Å². The highest BCUT2D eigenvalue weighted by molar-refractivity contribution is 5.99. The van der Waals surface area contributed by atoms with Crippen LogP contribution < -0.4 is 14.5 Å². The monoisotopic (exact) mass is 306 g/mol. The number of hydrogen-bond acceptors (Lipinski definition) is 4. The van der Waals surface area contributed by atoms with Crippen LogP contribution in [0.2, 0.25) is 0 Å². The largest absolute Gasteiger partial charge is 0.481 e. The minimum atomic E-state index is -0.826. The second kappa shape index (κ2) is 6.25. The van der Waals surface area contributed by atoms with Gasteiger partial charge in [-0.1, -0.05) is 0 Å². The van der Waals surface area contributed by atoms with Crippen molar-refractivity contribution in [3.05, 3.63) is 18.2 Å². The van der Waals surface area contributed by atoms with E-state index in [4.69, 9.17) is 9.84 Å². The predicted octanol–water partition coefficient (Wildman–Crippen LogP) is 2.12. The molecule has 22 heavy (non-hydrogen) atoms. The number of benzene rings is 1. The molecule has 0 saturated heterocycles. The van der Waals surface area contributed by atoms with Crippen molar-refractivity contribution >= 4 is 23.3 Å². The van der Waals surface area contributed by atoms with E-state index in [0.29, 0.717) is 18.0 Å². The number of likely N-dealkylation sites (N-methyl/N-ethyl adjacent to an activating group) is 1. The van der Waals surface area contributed by atoms with Crippen LogP contribution >= 0.6 is 0 Å². The number of hydrogen-bond donors (Lipinski definition) is 1. The van der Waals surface area contributed by atoms with Crippen molar-refractivity contribution in [1.82, 2.24) is 0 Å². The summed E-state index contributed by atoms with van der Waals surface area (Å²) in [6.07, 6.45) is -0.422.